The monoisotopic (exact) mass is 802 g/mol. The summed E-state index contributed by atoms with van der Waals surface area (Å²) in [6, 6.07) is 3.99. The molecule has 0 aromatic carbocycles. The molecule has 0 radical (unpaired) electrons. The summed E-state index contributed by atoms with van der Waals surface area (Å²) in [5.41, 5.74) is 16.4. The number of rotatable bonds is 17. The van der Waals surface area contributed by atoms with Gasteiger partial charge in [0.2, 0.25) is 17.8 Å². The lowest BCUT2D eigenvalue weighted by atomic mass is 10.1. The Kier molecular flexibility index (Phi) is 12.5. The summed E-state index contributed by atoms with van der Waals surface area (Å²) < 4.78 is 7.71. The molecule has 2 saturated heterocycles. The van der Waals surface area contributed by atoms with Crippen molar-refractivity contribution in [2.75, 3.05) is 87.7 Å². The van der Waals surface area contributed by atoms with Gasteiger partial charge in [-0.25, -0.2) is 39.6 Å². The molecule has 308 valence electrons. The normalized spacial score (nSPS) is 15.1. The van der Waals surface area contributed by atoms with Crippen LogP contribution in [0.25, 0.3) is 33.3 Å². The lowest BCUT2D eigenvalue weighted by molar-refractivity contribution is -0.132. The van der Waals surface area contributed by atoms with Gasteiger partial charge in [-0.3, -0.25) is 14.5 Å². The van der Waals surface area contributed by atoms with Crippen molar-refractivity contribution < 1.29 is 14.3 Å². The number of hydrogen-bond acceptors (Lipinski definition) is 16. The highest BCUT2D eigenvalue weighted by Crippen LogP contribution is 2.31. The van der Waals surface area contributed by atoms with Gasteiger partial charge >= 0.3 is 0 Å². The minimum atomic E-state index is 0.0331. The maximum Gasteiger partial charge on any atom is 0.225 e. The van der Waals surface area contributed by atoms with Gasteiger partial charge in [0.05, 0.1) is 30.6 Å². The molecule has 2 fully saturated rings. The second-order valence-electron chi connectivity index (χ2n) is 14.8. The van der Waals surface area contributed by atoms with Crippen LogP contribution in [0.1, 0.15) is 48.0 Å². The number of carbonyl (C=O) groups is 2. The maximum atomic E-state index is 13.0. The van der Waals surface area contributed by atoms with E-state index in [0.717, 1.165) is 74.1 Å². The molecule has 0 unspecified atom stereocenters. The summed E-state index contributed by atoms with van der Waals surface area (Å²) in [6.07, 6.45) is 15.0. The molecule has 0 aliphatic carbocycles. The van der Waals surface area contributed by atoms with Gasteiger partial charge in [-0.1, -0.05) is 6.42 Å². The second-order valence-corrected chi connectivity index (χ2v) is 14.8. The predicted molar refractivity (Wildman–Crippen MR) is 222 cm³/mol. The van der Waals surface area contributed by atoms with E-state index in [0.29, 0.717) is 105 Å². The van der Waals surface area contributed by atoms with Crippen LogP contribution < -0.4 is 21.3 Å². The number of unbranched alkanes of at least 4 members (excludes halogenated alkanes) is 2. The summed E-state index contributed by atoms with van der Waals surface area (Å²) in [7, 11) is 0. The third-order valence-corrected chi connectivity index (χ3v) is 11.0. The molecule has 59 heavy (non-hydrogen) atoms. The number of ether oxygens (including phenoxy) is 1. The number of hydrogen-bond donors (Lipinski definition) is 3. The maximum absolute atomic E-state index is 13.0. The number of nitrogens with two attached hydrogens (primary N) is 2. The van der Waals surface area contributed by atoms with Crippen molar-refractivity contribution in [2.45, 2.75) is 45.2 Å². The Balaban J connectivity index is 0.704. The lowest BCUT2D eigenvalue weighted by Crippen LogP contribution is -2.49. The molecule has 19 nitrogen and oxygen atoms in total. The number of Topliss-reactive ketones (excluding diaryl/α,β-unsaturated/α-hetero) is 1. The number of aromatic amines is 1. The summed E-state index contributed by atoms with van der Waals surface area (Å²) in [6.45, 7) is 8.76. The van der Waals surface area contributed by atoms with E-state index in [1.54, 1.807) is 31.0 Å². The van der Waals surface area contributed by atoms with Gasteiger partial charge < -0.3 is 35.9 Å². The van der Waals surface area contributed by atoms with E-state index in [-0.39, 0.29) is 11.7 Å². The molecule has 2 aliphatic rings. The minimum Gasteiger partial charge on any atom is -0.383 e. The molecule has 0 saturated carbocycles. The van der Waals surface area contributed by atoms with Crippen molar-refractivity contribution >= 4 is 51.5 Å². The lowest BCUT2D eigenvalue weighted by Gasteiger charge is -2.35. The average molecular weight is 803 g/mol. The molecule has 8 heterocycles. The Morgan fingerprint density at radius 3 is 2.24 bits per heavy atom. The van der Waals surface area contributed by atoms with Crippen LogP contribution >= 0.6 is 0 Å². The van der Waals surface area contributed by atoms with E-state index >= 15 is 0 Å². The topological polar surface area (TPSA) is 232 Å². The molecule has 8 rings (SSSR count). The molecule has 19 heteroatoms. The zero-order valence-corrected chi connectivity index (χ0v) is 33.1. The number of fused-ring (bicyclic) bond motifs is 2. The standard InChI is InChI=1S/C40H50N16O3/c41-21-28-22-45-39(46-23-28)55-15-13-53(14-16-55)33(58)6-18-59-19-17-52-9-11-54(12-10-52)40-47-25-31(26-48-40)32(57)4-2-1-3-8-56-38-34(36(42)49-27-50-38)35(51-56)30-20-29-5-7-43-37(29)44-24-30/h5,7,20,22-27H,1-4,6,8-19,21,41H2,(H,43,44)(H2,42,49,50). The van der Waals surface area contributed by atoms with Gasteiger partial charge in [-0.2, -0.15) is 5.10 Å². The first kappa shape index (κ1) is 39.6. The molecular formula is C40H50N16O3. The number of nitrogens with zero attached hydrogens (tertiary/aromatic N) is 13. The molecule has 5 N–H and O–H groups in total. The fourth-order valence-electron chi connectivity index (χ4n) is 7.51. The number of H-pyrrole nitrogens is 1. The van der Waals surface area contributed by atoms with Crippen LogP contribution in [0.5, 0.6) is 0 Å². The number of piperazine rings is 2. The van der Waals surface area contributed by atoms with Crippen molar-refractivity contribution in [2.24, 2.45) is 5.73 Å². The highest BCUT2D eigenvalue weighted by Gasteiger charge is 2.23. The highest BCUT2D eigenvalue weighted by molar-refractivity contribution is 5.99. The van der Waals surface area contributed by atoms with Crippen molar-refractivity contribution in [3.8, 4) is 11.3 Å². The van der Waals surface area contributed by atoms with E-state index in [1.807, 2.05) is 27.9 Å². The molecule has 1 amide bonds. The summed E-state index contributed by atoms with van der Waals surface area (Å²) in [4.78, 5) is 68.4. The smallest absolute Gasteiger partial charge is 0.225 e. The average Bonchev–Trinajstić information content (AvgIpc) is 3.92. The summed E-state index contributed by atoms with van der Waals surface area (Å²) >= 11 is 0. The zero-order chi connectivity index (χ0) is 40.6. The molecule has 6 aromatic rings. The first-order valence-electron chi connectivity index (χ1n) is 20.3. The fourth-order valence-corrected chi connectivity index (χ4v) is 7.51. The van der Waals surface area contributed by atoms with Crippen molar-refractivity contribution in [3.63, 3.8) is 0 Å². The first-order chi connectivity index (χ1) is 28.9. The molecule has 0 atom stereocenters. The predicted octanol–water partition coefficient (Wildman–Crippen LogP) is 2.31. The van der Waals surface area contributed by atoms with Gasteiger partial charge in [-0.15, -0.1) is 0 Å². The number of amides is 1. The number of aromatic nitrogens is 10. The first-order valence-corrected chi connectivity index (χ1v) is 20.3. The third-order valence-electron chi connectivity index (χ3n) is 11.0. The third kappa shape index (κ3) is 9.42. The van der Waals surface area contributed by atoms with Crippen LogP contribution in [0.4, 0.5) is 17.7 Å². The van der Waals surface area contributed by atoms with E-state index in [1.165, 1.54) is 6.33 Å². The van der Waals surface area contributed by atoms with E-state index in [4.69, 9.17) is 21.3 Å². The minimum absolute atomic E-state index is 0.0331. The number of nitrogens with one attached hydrogen (secondary N) is 1. The summed E-state index contributed by atoms with van der Waals surface area (Å²) in [5, 5.41) is 6.55. The number of aryl methyl sites for hydroxylation is 1. The second kappa shape index (κ2) is 18.6. The fraction of sp³-hybridized carbons (Fsp3) is 0.450. The Morgan fingerprint density at radius 2 is 1.49 bits per heavy atom. The Labute approximate surface area is 341 Å². The van der Waals surface area contributed by atoms with Crippen molar-refractivity contribution in [3.05, 3.63) is 66.8 Å². The van der Waals surface area contributed by atoms with E-state index in [2.05, 4.69) is 54.6 Å². The Hall–Kier alpha value is -6.18. The van der Waals surface area contributed by atoms with E-state index < -0.39 is 0 Å². The quantitative estimate of drug-likeness (QED) is 0.0887. The van der Waals surface area contributed by atoms with Gasteiger partial charge in [0, 0.05) is 132 Å². The molecule has 0 spiro atoms. The van der Waals surface area contributed by atoms with Gasteiger partial charge in [0.25, 0.3) is 0 Å². The molecule has 0 bridgehead atoms. The zero-order valence-electron chi connectivity index (χ0n) is 33.1. The summed E-state index contributed by atoms with van der Waals surface area (Å²) in [5.74, 6) is 1.82. The molecular weight excluding hydrogens is 753 g/mol. The van der Waals surface area contributed by atoms with Crippen LogP contribution in [0, 0.1) is 0 Å². The number of pyridine rings is 1. The van der Waals surface area contributed by atoms with Gasteiger partial charge in [0.15, 0.2) is 11.4 Å². The van der Waals surface area contributed by atoms with Gasteiger partial charge in [-0.05, 0) is 25.0 Å². The van der Waals surface area contributed by atoms with Crippen LogP contribution in [-0.4, -0.2) is 143 Å². The van der Waals surface area contributed by atoms with Crippen LogP contribution in [0.3, 0.4) is 0 Å². The largest absolute Gasteiger partial charge is 0.383 e. The van der Waals surface area contributed by atoms with Crippen molar-refractivity contribution in [1.29, 1.82) is 0 Å². The Morgan fingerprint density at radius 1 is 0.763 bits per heavy atom. The van der Waals surface area contributed by atoms with Crippen molar-refractivity contribution in [1.82, 2.24) is 59.5 Å². The number of ketones is 1. The number of carbonyl (C=O) groups excluding carboxylic acids is 2. The number of anilines is 3. The van der Waals surface area contributed by atoms with Crippen LogP contribution in [-0.2, 0) is 22.6 Å². The Bertz CT molecular complexity index is 2330. The van der Waals surface area contributed by atoms with Crippen LogP contribution in [0.15, 0.2) is 55.6 Å². The highest BCUT2D eigenvalue weighted by atomic mass is 16.5. The molecule has 2 aliphatic heterocycles. The molecule has 6 aromatic heterocycles. The van der Waals surface area contributed by atoms with Gasteiger partial charge in [0.1, 0.15) is 23.5 Å². The van der Waals surface area contributed by atoms with Crippen LogP contribution in [0.2, 0.25) is 0 Å². The van der Waals surface area contributed by atoms with E-state index in [9.17, 15) is 9.59 Å². The SMILES string of the molecule is NCc1cnc(N2CCN(C(=O)CCOCCN3CCN(c4ncc(C(=O)CCCCCn5nc(-c6cnc7[nH]ccc7c6)c6c(N)ncnc65)cn4)CC3)CC2)nc1. The number of nitrogen functional groups attached to an aromatic ring is 1.